The van der Waals surface area contributed by atoms with Gasteiger partial charge >= 0.3 is 5.97 Å². The van der Waals surface area contributed by atoms with Crippen molar-refractivity contribution in [3.63, 3.8) is 0 Å². The SMILES string of the molecule is CCCC1CCC(c2ccc(C(=O)OC3COC4(CC(C)(C)NC(C)(C)C4)OC3)cc2)CC1. The molecule has 1 aliphatic carbocycles. The topological polar surface area (TPSA) is 56.8 Å². The molecule has 2 saturated heterocycles. The standard InChI is InChI=1S/C28H43NO4/c1-6-7-20-8-10-21(11-9-20)22-12-14-23(15-13-22)25(30)33-24-16-31-28(32-17-24)18-26(2,3)29-27(4,5)19-28/h12-15,20-21,24,29H,6-11,16-19H2,1-5H3. The van der Waals surface area contributed by atoms with Gasteiger partial charge in [-0.05, 0) is 82.9 Å². The molecule has 0 unspecified atom stereocenters. The zero-order chi connectivity index (χ0) is 23.7. The van der Waals surface area contributed by atoms with E-state index in [1.165, 1.54) is 44.1 Å². The zero-order valence-corrected chi connectivity index (χ0v) is 21.2. The van der Waals surface area contributed by atoms with E-state index < -0.39 is 5.79 Å². The van der Waals surface area contributed by atoms with E-state index in [1.54, 1.807) is 0 Å². The monoisotopic (exact) mass is 457 g/mol. The number of carbonyl (C=O) groups is 1. The van der Waals surface area contributed by atoms with E-state index in [9.17, 15) is 4.79 Å². The number of nitrogens with one attached hydrogen (secondary N) is 1. The number of esters is 1. The van der Waals surface area contributed by atoms with Crippen LogP contribution in [-0.4, -0.2) is 42.2 Å². The second kappa shape index (κ2) is 9.67. The van der Waals surface area contributed by atoms with Crippen LogP contribution in [0.4, 0.5) is 0 Å². The third-order valence-electron chi connectivity index (χ3n) is 7.60. The fraction of sp³-hybridized carbons (Fsp3) is 0.750. The van der Waals surface area contributed by atoms with E-state index in [2.05, 4.69) is 52.1 Å². The molecular weight excluding hydrogens is 414 g/mol. The Balaban J connectivity index is 1.28. The molecule has 2 heterocycles. The number of carbonyl (C=O) groups excluding carboxylic acids is 1. The molecule has 4 rings (SSSR count). The summed E-state index contributed by atoms with van der Waals surface area (Å²) in [6.45, 7) is 11.7. The number of benzene rings is 1. The van der Waals surface area contributed by atoms with Crippen LogP contribution < -0.4 is 5.32 Å². The van der Waals surface area contributed by atoms with Crippen molar-refractivity contribution in [1.82, 2.24) is 5.32 Å². The van der Waals surface area contributed by atoms with Crippen LogP contribution in [0.2, 0.25) is 0 Å². The number of hydrogen-bond acceptors (Lipinski definition) is 5. The minimum absolute atomic E-state index is 0.0811. The maximum Gasteiger partial charge on any atom is 0.338 e. The summed E-state index contributed by atoms with van der Waals surface area (Å²) in [5, 5.41) is 3.66. The number of ether oxygens (including phenoxy) is 3. The van der Waals surface area contributed by atoms with Crippen molar-refractivity contribution in [2.24, 2.45) is 5.92 Å². The zero-order valence-electron chi connectivity index (χ0n) is 21.2. The minimum Gasteiger partial charge on any atom is -0.454 e. The van der Waals surface area contributed by atoms with Crippen LogP contribution in [0.5, 0.6) is 0 Å². The summed E-state index contributed by atoms with van der Waals surface area (Å²) >= 11 is 0. The van der Waals surface area contributed by atoms with Crippen molar-refractivity contribution in [2.45, 2.75) is 115 Å². The van der Waals surface area contributed by atoms with Crippen LogP contribution in [-0.2, 0) is 14.2 Å². The van der Waals surface area contributed by atoms with Crippen molar-refractivity contribution < 1.29 is 19.0 Å². The molecule has 0 atom stereocenters. The van der Waals surface area contributed by atoms with Gasteiger partial charge in [0.2, 0.25) is 0 Å². The molecule has 0 amide bonds. The molecule has 33 heavy (non-hydrogen) atoms. The van der Waals surface area contributed by atoms with Crippen LogP contribution in [0.1, 0.15) is 108 Å². The van der Waals surface area contributed by atoms with Gasteiger partial charge in [0.25, 0.3) is 0 Å². The highest BCUT2D eigenvalue weighted by Gasteiger charge is 2.51. The fourth-order valence-corrected chi connectivity index (χ4v) is 6.57. The molecule has 2 aliphatic heterocycles. The lowest BCUT2D eigenvalue weighted by atomic mass is 9.77. The predicted octanol–water partition coefficient (Wildman–Crippen LogP) is 5.97. The third-order valence-corrected chi connectivity index (χ3v) is 7.60. The predicted molar refractivity (Wildman–Crippen MR) is 130 cm³/mol. The van der Waals surface area contributed by atoms with Gasteiger partial charge in [-0.3, -0.25) is 0 Å². The Labute approximate surface area is 199 Å². The quantitative estimate of drug-likeness (QED) is 0.552. The molecule has 3 fully saturated rings. The van der Waals surface area contributed by atoms with Gasteiger partial charge in [0.05, 0.1) is 18.8 Å². The number of hydrogen-bond donors (Lipinski definition) is 1. The summed E-state index contributed by atoms with van der Waals surface area (Å²) in [6.07, 6.45) is 8.99. The highest BCUT2D eigenvalue weighted by atomic mass is 16.7. The Bertz CT molecular complexity index is 782. The van der Waals surface area contributed by atoms with E-state index in [-0.39, 0.29) is 23.2 Å². The summed E-state index contributed by atoms with van der Waals surface area (Å²) in [5.41, 5.74) is 1.79. The van der Waals surface area contributed by atoms with E-state index in [1.807, 2.05) is 12.1 Å². The second-order valence-electron chi connectivity index (χ2n) is 11.9. The van der Waals surface area contributed by atoms with Gasteiger partial charge in [0.1, 0.15) is 6.10 Å². The fourth-order valence-electron chi connectivity index (χ4n) is 6.57. The van der Waals surface area contributed by atoms with Crippen LogP contribution in [0.25, 0.3) is 0 Å². The van der Waals surface area contributed by atoms with E-state index in [4.69, 9.17) is 14.2 Å². The summed E-state index contributed by atoms with van der Waals surface area (Å²) in [7, 11) is 0. The summed E-state index contributed by atoms with van der Waals surface area (Å²) < 4.78 is 18.2. The summed E-state index contributed by atoms with van der Waals surface area (Å²) in [4.78, 5) is 12.7. The highest BCUT2D eigenvalue weighted by molar-refractivity contribution is 5.89. The minimum atomic E-state index is -0.612. The maximum atomic E-state index is 12.7. The molecule has 0 aromatic heterocycles. The molecule has 1 spiro atoms. The lowest BCUT2D eigenvalue weighted by molar-refractivity contribution is -0.317. The second-order valence-corrected chi connectivity index (χ2v) is 11.9. The van der Waals surface area contributed by atoms with Gasteiger partial charge in [-0.2, -0.15) is 0 Å². The molecule has 5 heteroatoms. The molecule has 0 bridgehead atoms. The average molecular weight is 458 g/mol. The van der Waals surface area contributed by atoms with Crippen LogP contribution >= 0.6 is 0 Å². The Morgan fingerprint density at radius 1 is 0.970 bits per heavy atom. The Kier molecular flexibility index (Phi) is 7.24. The summed E-state index contributed by atoms with van der Waals surface area (Å²) in [6, 6.07) is 8.06. The van der Waals surface area contributed by atoms with Crippen LogP contribution in [0.15, 0.2) is 24.3 Å². The van der Waals surface area contributed by atoms with Crippen LogP contribution in [0.3, 0.4) is 0 Å². The number of piperidine rings is 1. The Hall–Kier alpha value is -1.43. The van der Waals surface area contributed by atoms with E-state index in [0.29, 0.717) is 24.7 Å². The Morgan fingerprint density at radius 3 is 2.09 bits per heavy atom. The first-order valence-electron chi connectivity index (χ1n) is 13.0. The molecule has 1 N–H and O–H groups in total. The maximum absolute atomic E-state index is 12.7. The Morgan fingerprint density at radius 2 is 1.55 bits per heavy atom. The normalized spacial score (nSPS) is 29.0. The van der Waals surface area contributed by atoms with Gasteiger partial charge in [0.15, 0.2) is 5.79 Å². The van der Waals surface area contributed by atoms with Crippen molar-refractivity contribution in [3.05, 3.63) is 35.4 Å². The largest absolute Gasteiger partial charge is 0.454 e. The molecule has 184 valence electrons. The van der Waals surface area contributed by atoms with Gasteiger partial charge in [0, 0.05) is 23.9 Å². The number of rotatable bonds is 5. The first kappa shape index (κ1) is 24.7. The molecular formula is C28H43NO4. The first-order valence-corrected chi connectivity index (χ1v) is 13.0. The van der Waals surface area contributed by atoms with Crippen LogP contribution in [0, 0.1) is 5.92 Å². The van der Waals surface area contributed by atoms with Gasteiger partial charge in [-0.15, -0.1) is 0 Å². The van der Waals surface area contributed by atoms with Crippen molar-refractivity contribution in [3.8, 4) is 0 Å². The van der Waals surface area contributed by atoms with Crippen molar-refractivity contribution in [2.75, 3.05) is 13.2 Å². The average Bonchev–Trinajstić information content (AvgIpc) is 2.74. The molecule has 0 radical (unpaired) electrons. The highest BCUT2D eigenvalue weighted by Crippen LogP contribution is 2.41. The lowest BCUT2D eigenvalue weighted by Gasteiger charge is -2.53. The van der Waals surface area contributed by atoms with Gasteiger partial charge in [-0.25, -0.2) is 4.79 Å². The molecule has 1 aromatic rings. The first-order chi connectivity index (χ1) is 15.6. The smallest absolute Gasteiger partial charge is 0.338 e. The van der Waals surface area contributed by atoms with Crippen molar-refractivity contribution in [1.29, 1.82) is 0 Å². The third kappa shape index (κ3) is 6.17. The van der Waals surface area contributed by atoms with E-state index >= 15 is 0 Å². The van der Waals surface area contributed by atoms with E-state index in [0.717, 1.165) is 18.8 Å². The lowest BCUT2D eigenvalue weighted by Crippen LogP contribution is -2.66. The molecule has 3 aliphatic rings. The summed E-state index contributed by atoms with van der Waals surface area (Å²) in [5.74, 6) is 0.616. The van der Waals surface area contributed by atoms with Gasteiger partial charge in [-0.1, -0.05) is 31.9 Å². The van der Waals surface area contributed by atoms with Crippen molar-refractivity contribution >= 4 is 5.97 Å². The molecule has 5 nitrogen and oxygen atoms in total. The molecule has 1 aromatic carbocycles. The molecule has 1 saturated carbocycles. The van der Waals surface area contributed by atoms with Gasteiger partial charge < -0.3 is 19.5 Å².